The molecule has 100 valence electrons. The van der Waals surface area contributed by atoms with E-state index in [1.165, 1.54) is 12.1 Å². The molecular weight excluding hydrogens is 237 g/mol. The Kier molecular flexibility index (Phi) is 6.14. The Morgan fingerprint density at radius 2 is 2.06 bits per heavy atom. The number of benzene rings is 1. The zero-order valence-corrected chi connectivity index (χ0v) is 10.4. The van der Waals surface area contributed by atoms with Gasteiger partial charge in [0.2, 0.25) is 0 Å². The molecule has 0 saturated carbocycles. The normalized spacial score (nSPS) is 10.6. The molecule has 1 rings (SSSR count). The molecular formula is C13H18FNO3. The number of carboxylic acids is 1. The second-order valence-corrected chi connectivity index (χ2v) is 3.92. The summed E-state index contributed by atoms with van der Waals surface area (Å²) < 4.78 is 18.1. The minimum absolute atomic E-state index is 0.0487. The predicted octanol–water partition coefficient (Wildman–Crippen LogP) is 2.00. The van der Waals surface area contributed by atoms with Gasteiger partial charge in [0.15, 0.2) is 0 Å². The number of carbonyl (C=O) groups is 1. The lowest BCUT2D eigenvalue weighted by Crippen LogP contribution is -2.31. The van der Waals surface area contributed by atoms with E-state index in [9.17, 15) is 9.18 Å². The van der Waals surface area contributed by atoms with E-state index in [0.717, 1.165) is 6.42 Å². The summed E-state index contributed by atoms with van der Waals surface area (Å²) in [6.45, 7) is 3.82. The van der Waals surface area contributed by atoms with Crippen molar-refractivity contribution in [3.05, 3.63) is 30.1 Å². The first-order valence-electron chi connectivity index (χ1n) is 5.94. The van der Waals surface area contributed by atoms with Crippen LogP contribution in [0.5, 0.6) is 5.75 Å². The van der Waals surface area contributed by atoms with Gasteiger partial charge in [-0.25, -0.2) is 4.39 Å². The molecule has 0 heterocycles. The van der Waals surface area contributed by atoms with Crippen molar-refractivity contribution in [2.45, 2.75) is 13.3 Å². The molecule has 0 unspecified atom stereocenters. The third-order valence-corrected chi connectivity index (χ3v) is 2.51. The number of likely N-dealkylation sites (N-methyl/N-ethyl adjacent to an activating group) is 1. The molecule has 1 N–H and O–H groups in total. The molecule has 0 aliphatic heterocycles. The molecule has 4 nitrogen and oxygen atoms in total. The third-order valence-electron chi connectivity index (χ3n) is 2.51. The van der Waals surface area contributed by atoms with Crippen LogP contribution in [0.15, 0.2) is 24.3 Å². The van der Waals surface area contributed by atoms with E-state index in [4.69, 9.17) is 9.84 Å². The highest BCUT2D eigenvalue weighted by atomic mass is 19.1. The summed E-state index contributed by atoms with van der Waals surface area (Å²) in [6, 6.07) is 5.84. The van der Waals surface area contributed by atoms with E-state index >= 15 is 0 Å². The van der Waals surface area contributed by atoms with Crippen molar-refractivity contribution in [3.63, 3.8) is 0 Å². The zero-order valence-electron chi connectivity index (χ0n) is 10.4. The molecule has 0 radical (unpaired) electrons. The van der Waals surface area contributed by atoms with Crippen LogP contribution in [-0.2, 0) is 4.79 Å². The Hall–Kier alpha value is -1.62. The Labute approximate surface area is 106 Å². The van der Waals surface area contributed by atoms with E-state index in [-0.39, 0.29) is 12.4 Å². The monoisotopic (exact) mass is 255 g/mol. The largest absolute Gasteiger partial charge is 0.494 e. The first kappa shape index (κ1) is 14.4. The van der Waals surface area contributed by atoms with E-state index in [1.54, 1.807) is 12.1 Å². The summed E-state index contributed by atoms with van der Waals surface area (Å²) >= 11 is 0. The SMILES string of the molecule is CCN(CCCOc1ccc(F)cc1)CC(=O)O. The summed E-state index contributed by atoms with van der Waals surface area (Å²) in [5.74, 6) is -0.491. The lowest BCUT2D eigenvalue weighted by Gasteiger charge is -2.17. The smallest absolute Gasteiger partial charge is 0.317 e. The maximum Gasteiger partial charge on any atom is 0.317 e. The van der Waals surface area contributed by atoms with Crippen LogP contribution in [0.25, 0.3) is 0 Å². The van der Waals surface area contributed by atoms with Gasteiger partial charge in [-0.3, -0.25) is 9.69 Å². The van der Waals surface area contributed by atoms with Gasteiger partial charge in [-0.15, -0.1) is 0 Å². The number of aliphatic carboxylic acids is 1. The van der Waals surface area contributed by atoms with Crippen LogP contribution in [0.4, 0.5) is 4.39 Å². The number of hydrogen-bond acceptors (Lipinski definition) is 3. The van der Waals surface area contributed by atoms with Crippen LogP contribution >= 0.6 is 0 Å². The molecule has 1 aromatic rings. The average Bonchev–Trinajstić information content (AvgIpc) is 2.34. The van der Waals surface area contributed by atoms with Crippen molar-refractivity contribution in [1.29, 1.82) is 0 Å². The molecule has 0 atom stereocenters. The van der Waals surface area contributed by atoms with Crippen molar-refractivity contribution in [2.24, 2.45) is 0 Å². The molecule has 0 aromatic heterocycles. The third kappa shape index (κ3) is 5.63. The highest BCUT2D eigenvalue weighted by Gasteiger charge is 2.06. The maximum absolute atomic E-state index is 12.6. The van der Waals surface area contributed by atoms with Crippen LogP contribution < -0.4 is 4.74 Å². The maximum atomic E-state index is 12.6. The van der Waals surface area contributed by atoms with Crippen LogP contribution in [-0.4, -0.2) is 42.2 Å². The van der Waals surface area contributed by atoms with Gasteiger partial charge >= 0.3 is 5.97 Å². The molecule has 0 saturated heterocycles. The fraction of sp³-hybridized carbons (Fsp3) is 0.462. The molecule has 0 amide bonds. The molecule has 0 aliphatic rings. The van der Waals surface area contributed by atoms with Gasteiger partial charge < -0.3 is 9.84 Å². The van der Waals surface area contributed by atoms with Crippen molar-refractivity contribution < 1.29 is 19.0 Å². The fourth-order valence-corrected chi connectivity index (χ4v) is 1.55. The summed E-state index contributed by atoms with van der Waals surface area (Å²) in [7, 11) is 0. The molecule has 0 fully saturated rings. The number of ether oxygens (including phenoxy) is 1. The van der Waals surface area contributed by atoms with Gasteiger partial charge in [0, 0.05) is 6.54 Å². The quantitative estimate of drug-likeness (QED) is 0.722. The topological polar surface area (TPSA) is 49.8 Å². The van der Waals surface area contributed by atoms with Gasteiger partial charge in [0.1, 0.15) is 11.6 Å². The molecule has 0 aliphatic carbocycles. The van der Waals surface area contributed by atoms with E-state index < -0.39 is 5.97 Å². The van der Waals surface area contributed by atoms with Crippen LogP contribution in [0.2, 0.25) is 0 Å². The van der Waals surface area contributed by atoms with Crippen molar-refractivity contribution in [3.8, 4) is 5.75 Å². The number of hydrogen-bond donors (Lipinski definition) is 1. The Balaban J connectivity index is 2.21. The molecule has 0 bridgehead atoms. The van der Waals surface area contributed by atoms with Crippen molar-refractivity contribution >= 4 is 5.97 Å². The number of rotatable bonds is 8. The summed E-state index contributed by atoms with van der Waals surface area (Å²) in [6.07, 6.45) is 0.735. The highest BCUT2D eigenvalue weighted by molar-refractivity contribution is 5.69. The van der Waals surface area contributed by atoms with Crippen LogP contribution in [0.3, 0.4) is 0 Å². The highest BCUT2D eigenvalue weighted by Crippen LogP contribution is 2.11. The van der Waals surface area contributed by atoms with Crippen molar-refractivity contribution in [1.82, 2.24) is 4.90 Å². The number of nitrogens with zero attached hydrogens (tertiary/aromatic N) is 1. The van der Waals surface area contributed by atoms with Gasteiger partial charge in [-0.2, -0.15) is 0 Å². The minimum atomic E-state index is -0.823. The fourth-order valence-electron chi connectivity index (χ4n) is 1.55. The molecule has 0 spiro atoms. The van der Waals surface area contributed by atoms with Crippen molar-refractivity contribution in [2.75, 3.05) is 26.2 Å². The Morgan fingerprint density at radius 1 is 1.39 bits per heavy atom. The van der Waals surface area contributed by atoms with E-state index in [0.29, 0.717) is 25.4 Å². The molecule has 1 aromatic carbocycles. The second-order valence-electron chi connectivity index (χ2n) is 3.92. The zero-order chi connectivity index (χ0) is 13.4. The minimum Gasteiger partial charge on any atom is -0.494 e. The standard InChI is InChI=1S/C13H18FNO3/c1-2-15(10-13(16)17)8-3-9-18-12-6-4-11(14)5-7-12/h4-7H,2-3,8-10H2,1H3,(H,16,17). The average molecular weight is 255 g/mol. The predicted molar refractivity (Wildman–Crippen MR) is 66.3 cm³/mol. The second kappa shape index (κ2) is 7.66. The lowest BCUT2D eigenvalue weighted by molar-refractivity contribution is -0.138. The first-order valence-corrected chi connectivity index (χ1v) is 5.94. The Morgan fingerprint density at radius 3 is 2.61 bits per heavy atom. The summed E-state index contributed by atoms with van der Waals surface area (Å²) in [4.78, 5) is 12.4. The van der Waals surface area contributed by atoms with E-state index in [1.807, 2.05) is 11.8 Å². The first-order chi connectivity index (χ1) is 8.61. The van der Waals surface area contributed by atoms with Gasteiger partial charge in [-0.1, -0.05) is 6.92 Å². The summed E-state index contributed by atoms with van der Waals surface area (Å²) in [5.41, 5.74) is 0. The molecule has 5 heteroatoms. The van der Waals surface area contributed by atoms with Gasteiger partial charge in [0.05, 0.1) is 13.2 Å². The summed E-state index contributed by atoms with van der Waals surface area (Å²) in [5, 5.41) is 8.67. The number of halogens is 1. The van der Waals surface area contributed by atoms with Gasteiger partial charge in [0.25, 0.3) is 0 Å². The lowest BCUT2D eigenvalue weighted by atomic mass is 10.3. The Bertz CT molecular complexity index is 367. The van der Waals surface area contributed by atoms with Crippen LogP contribution in [0.1, 0.15) is 13.3 Å². The van der Waals surface area contributed by atoms with Crippen LogP contribution in [0, 0.1) is 5.82 Å². The van der Waals surface area contributed by atoms with E-state index in [2.05, 4.69) is 0 Å². The number of carboxylic acid groups (broad SMARTS) is 1. The molecule has 18 heavy (non-hydrogen) atoms. The van der Waals surface area contributed by atoms with Gasteiger partial charge in [-0.05, 0) is 37.2 Å².